The lowest BCUT2D eigenvalue weighted by molar-refractivity contribution is 0.0646. The zero-order valence-electron chi connectivity index (χ0n) is 15.7. The van der Waals surface area contributed by atoms with Gasteiger partial charge in [-0.15, -0.1) is 0 Å². The molecule has 1 saturated heterocycles. The van der Waals surface area contributed by atoms with E-state index in [1.165, 1.54) is 29.7 Å². The van der Waals surface area contributed by atoms with Crippen molar-refractivity contribution in [2.24, 2.45) is 0 Å². The molecular formula is C23H26N2O2. The van der Waals surface area contributed by atoms with E-state index in [-0.39, 0.29) is 11.8 Å². The zero-order valence-corrected chi connectivity index (χ0v) is 15.7. The van der Waals surface area contributed by atoms with Gasteiger partial charge in [0.25, 0.3) is 11.8 Å². The summed E-state index contributed by atoms with van der Waals surface area (Å²) >= 11 is 0. The van der Waals surface area contributed by atoms with Crippen LogP contribution in [0.3, 0.4) is 0 Å². The van der Waals surface area contributed by atoms with E-state index in [2.05, 4.69) is 17.0 Å². The second kappa shape index (κ2) is 8.05. The minimum absolute atomic E-state index is 0.136. The van der Waals surface area contributed by atoms with Gasteiger partial charge in [-0.2, -0.15) is 0 Å². The molecule has 2 amide bonds. The number of imide groups is 1. The Kier molecular flexibility index (Phi) is 5.35. The van der Waals surface area contributed by atoms with E-state index >= 15 is 0 Å². The van der Waals surface area contributed by atoms with Gasteiger partial charge in [0, 0.05) is 6.54 Å². The lowest BCUT2D eigenvalue weighted by atomic mass is 10.0. The summed E-state index contributed by atoms with van der Waals surface area (Å²) in [5.74, 6) is -0.275. The second-order valence-electron chi connectivity index (χ2n) is 7.56. The third-order valence-corrected chi connectivity index (χ3v) is 5.59. The first-order chi connectivity index (χ1) is 13.2. The standard InChI is InChI=1S/C23H26N2O2/c26-22-20-11-10-19(16-18-8-3-1-4-9-18)17-21(20)23(27)25(22)15-7-14-24-12-5-2-6-13-24/h1,3-4,8-11,17H,2,5-7,12-16H2. The summed E-state index contributed by atoms with van der Waals surface area (Å²) in [7, 11) is 0. The van der Waals surface area contributed by atoms with Gasteiger partial charge < -0.3 is 4.90 Å². The quantitative estimate of drug-likeness (QED) is 0.735. The maximum Gasteiger partial charge on any atom is 0.261 e. The smallest absolute Gasteiger partial charge is 0.261 e. The van der Waals surface area contributed by atoms with Crippen LogP contribution in [0.2, 0.25) is 0 Å². The fraction of sp³-hybridized carbons (Fsp3) is 0.391. The van der Waals surface area contributed by atoms with Crippen LogP contribution in [0.5, 0.6) is 0 Å². The number of piperidine rings is 1. The SMILES string of the molecule is O=C1c2ccc(Cc3ccccc3)cc2C(=O)N1CCCN1CCCCC1. The van der Waals surface area contributed by atoms with E-state index in [0.29, 0.717) is 17.7 Å². The molecule has 2 aromatic carbocycles. The lowest BCUT2D eigenvalue weighted by Gasteiger charge is -2.26. The van der Waals surface area contributed by atoms with Gasteiger partial charge in [-0.1, -0.05) is 42.8 Å². The summed E-state index contributed by atoms with van der Waals surface area (Å²) in [6.07, 6.45) is 5.46. The summed E-state index contributed by atoms with van der Waals surface area (Å²) < 4.78 is 0. The largest absolute Gasteiger partial charge is 0.303 e. The molecule has 0 saturated carbocycles. The molecule has 2 aliphatic rings. The molecule has 140 valence electrons. The monoisotopic (exact) mass is 362 g/mol. The number of likely N-dealkylation sites (tertiary alicyclic amines) is 1. The van der Waals surface area contributed by atoms with Crippen molar-refractivity contribution in [3.05, 3.63) is 70.8 Å². The predicted molar refractivity (Wildman–Crippen MR) is 106 cm³/mol. The molecule has 4 rings (SSSR count). The van der Waals surface area contributed by atoms with Gasteiger partial charge in [-0.25, -0.2) is 0 Å². The predicted octanol–water partition coefficient (Wildman–Crippen LogP) is 3.75. The number of benzene rings is 2. The molecule has 4 nitrogen and oxygen atoms in total. The van der Waals surface area contributed by atoms with Crippen LogP contribution in [-0.4, -0.2) is 47.8 Å². The van der Waals surface area contributed by atoms with E-state index < -0.39 is 0 Å². The Morgan fingerprint density at radius 1 is 0.741 bits per heavy atom. The van der Waals surface area contributed by atoms with Crippen molar-refractivity contribution < 1.29 is 9.59 Å². The fourth-order valence-corrected chi connectivity index (χ4v) is 4.12. The van der Waals surface area contributed by atoms with Crippen molar-refractivity contribution in [3.63, 3.8) is 0 Å². The minimum Gasteiger partial charge on any atom is -0.303 e. The number of fused-ring (bicyclic) bond motifs is 1. The molecule has 4 heteroatoms. The van der Waals surface area contributed by atoms with Crippen LogP contribution in [0.4, 0.5) is 0 Å². The molecule has 0 N–H and O–H groups in total. The summed E-state index contributed by atoms with van der Waals surface area (Å²) in [5, 5.41) is 0. The van der Waals surface area contributed by atoms with E-state index in [1.807, 2.05) is 36.4 Å². The Labute approximate surface area is 160 Å². The van der Waals surface area contributed by atoms with Crippen LogP contribution in [0.15, 0.2) is 48.5 Å². The molecule has 0 spiro atoms. The maximum atomic E-state index is 12.8. The Morgan fingerprint density at radius 2 is 1.48 bits per heavy atom. The molecule has 2 aliphatic heterocycles. The van der Waals surface area contributed by atoms with Crippen LogP contribution in [0.25, 0.3) is 0 Å². The lowest BCUT2D eigenvalue weighted by Crippen LogP contribution is -2.35. The number of carbonyl (C=O) groups is 2. The van der Waals surface area contributed by atoms with Crippen molar-refractivity contribution in [1.82, 2.24) is 9.80 Å². The fourth-order valence-electron chi connectivity index (χ4n) is 4.12. The van der Waals surface area contributed by atoms with Crippen LogP contribution in [0.1, 0.15) is 57.5 Å². The first-order valence-corrected chi connectivity index (χ1v) is 9.98. The third kappa shape index (κ3) is 3.96. The molecule has 0 atom stereocenters. The molecule has 0 aromatic heterocycles. The number of hydrogen-bond acceptors (Lipinski definition) is 3. The normalized spacial score (nSPS) is 17.4. The number of nitrogens with zero attached hydrogens (tertiary/aromatic N) is 2. The Hall–Kier alpha value is -2.46. The van der Waals surface area contributed by atoms with Crippen molar-refractivity contribution in [2.45, 2.75) is 32.1 Å². The third-order valence-electron chi connectivity index (χ3n) is 5.59. The molecule has 27 heavy (non-hydrogen) atoms. The van der Waals surface area contributed by atoms with E-state index in [9.17, 15) is 9.59 Å². The van der Waals surface area contributed by atoms with Crippen molar-refractivity contribution >= 4 is 11.8 Å². The number of rotatable bonds is 6. The first kappa shape index (κ1) is 17.9. The highest BCUT2D eigenvalue weighted by Crippen LogP contribution is 2.25. The van der Waals surface area contributed by atoms with Crippen LogP contribution >= 0.6 is 0 Å². The highest BCUT2D eigenvalue weighted by atomic mass is 16.2. The van der Waals surface area contributed by atoms with Gasteiger partial charge in [0.1, 0.15) is 0 Å². The number of amides is 2. The average molecular weight is 362 g/mol. The Morgan fingerprint density at radius 3 is 2.26 bits per heavy atom. The summed E-state index contributed by atoms with van der Waals surface area (Å²) in [6.45, 7) is 3.76. The van der Waals surface area contributed by atoms with Gasteiger partial charge in [0.2, 0.25) is 0 Å². The highest BCUT2D eigenvalue weighted by Gasteiger charge is 2.35. The van der Waals surface area contributed by atoms with E-state index in [0.717, 1.165) is 38.0 Å². The summed E-state index contributed by atoms with van der Waals surface area (Å²) in [5.41, 5.74) is 3.38. The molecule has 0 aliphatic carbocycles. The van der Waals surface area contributed by atoms with Gasteiger partial charge >= 0.3 is 0 Å². The van der Waals surface area contributed by atoms with E-state index in [1.54, 1.807) is 0 Å². The molecule has 1 fully saturated rings. The molecule has 2 aromatic rings. The zero-order chi connectivity index (χ0) is 18.6. The van der Waals surface area contributed by atoms with Crippen molar-refractivity contribution in [1.29, 1.82) is 0 Å². The number of hydrogen-bond donors (Lipinski definition) is 0. The Bertz CT molecular complexity index is 826. The summed E-state index contributed by atoms with van der Waals surface area (Å²) in [6, 6.07) is 15.9. The molecule has 0 unspecified atom stereocenters. The van der Waals surface area contributed by atoms with Crippen molar-refractivity contribution in [3.8, 4) is 0 Å². The van der Waals surface area contributed by atoms with Crippen LogP contribution in [0, 0.1) is 0 Å². The van der Waals surface area contributed by atoms with E-state index in [4.69, 9.17) is 0 Å². The van der Waals surface area contributed by atoms with Gasteiger partial charge in [0.05, 0.1) is 11.1 Å². The molecule has 0 bridgehead atoms. The van der Waals surface area contributed by atoms with Gasteiger partial charge in [0.15, 0.2) is 0 Å². The minimum atomic E-state index is -0.139. The second-order valence-corrected chi connectivity index (χ2v) is 7.56. The van der Waals surface area contributed by atoms with Crippen molar-refractivity contribution in [2.75, 3.05) is 26.2 Å². The molecule has 2 heterocycles. The molecule has 0 radical (unpaired) electrons. The highest BCUT2D eigenvalue weighted by molar-refractivity contribution is 6.21. The number of carbonyl (C=O) groups excluding carboxylic acids is 2. The summed E-state index contributed by atoms with van der Waals surface area (Å²) in [4.78, 5) is 29.3. The van der Waals surface area contributed by atoms with Gasteiger partial charge in [-0.3, -0.25) is 14.5 Å². The maximum absolute atomic E-state index is 12.8. The van der Waals surface area contributed by atoms with Gasteiger partial charge in [-0.05, 0) is 68.6 Å². The average Bonchev–Trinajstić information content (AvgIpc) is 2.94. The Balaban J connectivity index is 1.40. The first-order valence-electron chi connectivity index (χ1n) is 9.98. The van der Waals surface area contributed by atoms with Crippen LogP contribution < -0.4 is 0 Å². The molecular weight excluding hydrogens is 336 g/mol. The van der Waals surface area contributed by atoms with Crippen LogP contribution in [-0.2, 0) is 6.42 Å². The topological polar surface area (TPSA) is 40.6 Å².